The minimum atomic E-state index is -0.155. The Morgan fingerprint density at radius 2 is 1.76 bits per heavy atom. The summed E-state index contributed by atoms with van der Waals surface area (Å²) in [6.07, 6.45) is 0. The summed E-state index contributed by atoms with van der Waals surface area (Å²) in [5, 5.41) is 10.1. The molecule has 0 aliphatic heterocycles. The number of fused-ring (bicyclic) bond motifs is 3. The van der Waals surface area contributed by atoms with Gasteiger partial charge in [0, 0.05) is 11.8 Å². The molecule has 5 rings (SSSR count). The van der Waals surface area contributed by atoms with Gasteiger partial charge in [-0.3, -0.25) is 9.20 Å². The van der Waals surface area contributed by atoms with E-state index in [9.17, 15) is 4.79 Å². The van der Waals surface area contributed by atoms with Crippen molar-refractivity contribution in [1.82, 2.24) is 19.2 Å². The Morgan fingerprint density at radius 1 is 0.939 bits per heavy atom. The first kappa shape index (κ1) is 21.1. The fourth-order valence-corrected chi connectivity index (χ4v) is 4.51. The van der Waals surface area contributed by atoms with Crippen molar-refractivity contribution in [3.8, 4) is 17.2 Å². The van der Waals surface area contributed by atoms with Gasteiger partial charge in [0.05, 0.1) is 30.3 Å². The maximum Gasteiger partial charge on any atom is 0.267 e. The molecular weight excluding hydrogens is 436 g/mol. The molecule has 0 saturated carbocycles. The molecule has 5 aromatic rings. The summed E-state index contributed by atoms with van der Waals surface area (Å²) in [7, 11) is 1.60. The Morgan fingerprint density at radius 3 is 2.61 bits per heavy atom. The summed E-state index contributed by atoms with van der Waals surface area (Å²) in [6.45, 7) is 2.56. The van der Waals surface area contributed by atoms with Gasteiger partial charge in [0.1, 0.15) is 11.5 Å². The zero-order chi connectivity index (χ0) is 22.8. The standard InChI is InChI=1S/C25H22N4O3S/c1-17-7-5-10-20(15-17)32-13-14-33-25-27-26-24-28(18-8-6-9-19(16-18)31-2)23(30)21-11-3-4-12-22(21)29(24)25/h3-12,15-16H,13-14H2,1-2H3. The predicted octanol–water partition coefficient (Wildman–Crippen LogP) is 4.52. The molecule has 0 fully saturated rings. The molecule has 0 spiro atoms. The molecule has 0 aliphatic rings. The largest absolute Gasteiger partial charge is 0.497 e. The van der Waals surface area contributed by atoms with Crippen LogP contribution in [-0.2, 0) is 0 Å². The number of aryl methyl sites for hydroxylation is 1. The van der Waals surface area contributed by atoms with Crippen molar-refractivity contribution in [2.75, 3.05) is 19.5 Å². The van der Waals surface area contributed by atoms with Crippen LogP contribution in [0.15, 0.2) is 82.7 Å². The van der Waals surface area contributed by atoms with E-state index in [1.165, 1.54) is 11.8 Å². The molecule has 0 atom stereocenters. The quantitative estimate of drug-likeness (QED) is 0.264. The number of methoxy groups -OCH3 is 1. The van der Waals surface area contributed by atoms with Crippen molar-refractivity contribution in [2.45, 2.75) is 12.1 Å². The van der Waals surface area contributed by atoms with Gasteiger partial charge in [-0.1, -0.05) is 42.1 Å². The van der Waals surface area contributed by atoms with Crippen LogP contribution in [0.3, 0.4) is 0 Å². The van der Waals surface area contributed by atoms with E-state index in [4.69, 9.17) is 9.47 Å². The lowest BCUT2D eigenvalue weighted by molar-refractivity contribution is 0.343. The smallest absolute Gasteiger partial charge is 0.267 e. The minimum absolute atomic E-state index is 0.155. The molecule has 33 heavy (non-hydrogen) atoms. The third-order valence-electron chi connectivity index (χ3n) is 5.28. The SMILES string of the molecule is COc1cccc(-n2c(=O)c3ccccc3n3c(SCCOc4cccc(C)c4)nnc23)c1. The van der Waals surface area contributed by atoms with Crippen molar-refractivity contribution >= 4 is 28.4 Å². The van der Waals surface area contributed by atoms with Crippen molar-refractivity contribution in [3.05, 3.63) is 88.7 Å². The number of thioether (sulfide) groups is 1. The van der Waals surface area contributed by atoms with E-state index in [-0.39, 0.29) is 5.56 Å². The molecule has 0 unspecified atom stereocenters. The minimum Gasteiger partial charge on any atom is -0.497 e. The van der Waals surface area contributed by atoms with Crippen molar-refractivity contribution in [1.29, 1.82) is 0 Å². The molecule has 0 amide bonds. The third kappa shape index (κ3) is 4.05. The van der Waals surface area contributed by atoms with E-state index in [2.05, 4.69) is 10.2 Å². The summed E-state index contributed by atoms with van der Waals surface area (Å²) in [5.41, 5.74) is 2.44. The van der Waals surface area contributed by atoms with Gasteiger partial charge in [-0.15, -0.1) is 10.2 Å². The Bertz CT molecular complexity index is 1510. The molecule has 0 bridgehead atoms. The van der Waals surface area contributed by atoms with Crippen molar-refractivity contribution in [3.63, 3.8) is 0 Å². The lowest BCUT2D eigenvalue weighted by Crippen LogP contribution is -2.21. The summed E-state index contributed by atoms with van der Waals surface area (Å²) in [5.74, 6) is 2.64. The second-order valence-corrected chi connectivity index (χ2v) is 8.55. The lowest BCUT2D eigenvalue weighted by atomic mass is 10.2. The van der Waals surface area contributed by atoms with Gasteiger partial charge >= 0.3 is 0 Å². The molecule has 166 valence electrons. The van der Waals surface area contributed by atoms with Crippen LogP contribution in [0.1, 0.15) is 5.56 Å². The Kier molecular flexibility index (Phi) is 5.75. The highest BCUT2D eigenvalue weighted by molar-refractivity contribution is 7.99. The first-order valence-electron chi connectivity index (χ1n) is 10.5. The molecule has 8 heteroatoms. The van der Waals surface area contributed by atoms with Gasteiger partial charge in [0.25, 0.3) is 5.56 Å². The molecule has 2 heterocycles. The third-order valence-corrected chi connectivity index (χ3v) is 6.17. The maximum absolute atomic E-state index is 13.4. The van der Waals surface area contributed by atoms with Crippen LogP contribution >= 0.6 is 11.8 Å². The number of para-hydroxylation sites is 1. The lowest BCUT2D eigenvalue weighted by Gasteiger charge is -2.12. The first-order valence-corrected chi connectivity index (χ1v) is 11.5. The van der Waals surface area contributed by atoms with Crippen LogP contribution in [0.4, 0.5) is 0 Å². The molecule has 0 saturated heterocycles. The number of hydrogen-bond acceptors (Lipinski definition) is 6. The average molecular weight is 459 g/mol. The molecule has 7 nitrogen and oxygen atoms in total. The summed E-state index contributed by atoms with van der Waals surface area (Å²) in [4.78, 5) is 13.4. The molecule has 3 aromatic carbocycles. The topological polar surface area (TPSA) is 70.7 Å². The molecule has 0 N–H and O–H groups in total. The van der Waals surface area contributed by atoms with E-state index in [1.54, 1.807) is 11.7 Å². The van der Waals surface area contributed by atoms with Gasteiger partial charge in [-0.05, 0) is 48.9 Å². The molecular formula is C25H22N4O3S. The van der Waals surface area contributed by atoms with Crippen LogP contribution in [-0.4, -0.2) is 38.6 Å². The summed E-state index contributed by atoms with van der Waals surface area (Å²) < 4.78 is 14.7. The zero-order valence-corrected chi connectivity index (χ0v) is 19.1. The summed E-state index contributed by atoms with van der Waals surface area (Å²) >= 11 is 1.54. The van der Waals surface area contributed by atoms with Gasteiger partial charge < -0.3 is 9.47 Å². The van der Waals surface area contributed by atoms with Crippen LogP contribution < -0.4 is 15.0 Å². The van der Waals surface area contributed by atoms with Crippen molar-refractivity contribution < 1.29 is 9.47 Å². The van der Waals surface area contributed by atoms with Crippen LogP contribution in [0.2, 0.25) is 0 Å². The predicted molar refractivity (Wildman–Crippen MR) is 130 cm³/mol. The van der Waals surface area contributed by atoms with Gasteiger partial charge in [-0.2, -0.15) is 0 Å². The van der Waals surface area contributed by atoms with E-state index in [0.717, 1.165) is 16.8 Å². The van der Waals surface area contributed by atoms with Crippen LogP contribution in [0, 0.1) is 6.92 Å². The molecule has 0 aliphatic carbocycles. The van der Waals surface area contributed by atoms with E-state index < -0.39 is 0 Å². The highest BCUT2D eigenvalue weighted by atomic mass is 32.2. The average Bonchev–Trinajstić information content (AvgIpc) is 3.26. The van der Waals surface area contributed by atoms with E-state index in [0.29, 0.717) is 40.1 Å². The number of ether oxygens (including phenoxy) is 2. The number of nitrogens with zero attached hydrogens (tertiary/aromatic N) is 4. The second kappa shape index (κ2) is 8.99. The van der Waals surface area contributed by atoms with Crippen molar-refractivity contribution in [2.24, 2.45) is 0 Å². The normalized spacial score (nSPS) is 11.2. The number of rotatable bonds is 7. The molecule has 2 aromatic heterocycles. The summed E-state index contributed by atoms with van der Waals surface area (Å²) in [6, 6.07) is 22.8. The fraction of sp³-hybridized carbons (Fsp3) is 0.160. The van der Waals surface area contributed by atoms with Crippen LogP contribution in [0.5, 0.6) is 11.5 Å². The van der Waals surface area contributed by atoms with E-state index in [1.807, 2.05) is 84.1 Å². The van der Waals surface area contributed by atoms with Crippen LogP contribution in [0.25, 0.3) is 22.4 Å². The Balaban J connectivity index is 1.53. The Labute approximate surface area is 194 Å². The maximum atomic E-state index is 13.4. The first-order chi connectivity index (χ1) is 16.2. The van der Waals surface area contributed by atoms with Gasteiger partial charge in [0.2, 0.25) is 5.78 Å². The number of benzene rings is 3. The van der Waals surface area contributed by atoms with Gasteiger partial charge in [0.15, 0.2) is 5.16 Å². The fourth-order valence-electron chi connectivity index (χ4n) is 3.75. The highest BCUT2D eigenvalue weighted by Crippen LogP contribution is 2.24. The number of hydrogen-bond donors (Lipinski definition) is 0. The van der Waals surface area contributed by atoms with E-state index >= 15 is 0 Å². The second-order valence-electron chi connectivity index (χ2n) is 7.49. The highest BCUT2D eigenvalue weighted by Gasteiger charge is 2.18. The van der Waals surface area contributed by atoms with Gasteiger partial charge in [-0.25, -0.2) is 4.57 Å². The zero-order valence-electron chi connectivity index (χ0n) is 18.3. The Hall–Kier alpha value is -3.78. The number of aromatic nitrogens is 4. The molecule has 0 radical (unpaired) electrons. The monoisotopic (exact) mass is 458 g/mol.